The van der Waals surface area contributed by atoms with E-state index in [9.17, 15) is 14.0 Å². The minimum Gasteiger partial charge on any atom is -0.352 e. The maximum atomic E-state index is 13.3. The minimum atomic E-state index is -0.585. The standard InChI is InChI=1S/C25H31FN2O2S/c1-18-7-9-21(10-8-18)16-31-17-24(29)28(15-20-11-13-22(26)14-12-20)19(2)25(30)27-23-5-3-4-6-23/h7-14,19,23H,3-6,15-17H2,1-2H3,(H,27,30)/t19-/m1/s1. The molecule has 4 nitrogen and oxygen atoms in total. The average molecular weight is 443 g/mol. The molecule has 0 radical (unpaired) electrons. The fourth-order valence-corrected chi connectivity index (χ4v) is 4.66. The summed E-state index contributed by atoms with van der Waals surface area (Å²) in [5.41, 5.74) is 3.18. The summed E-state index contributed by atoms with van der Waals surface area (Å²) in [4.78, 5) is 27.5. The summed E-state index contributed by atoms with van der Waals surface area (Å²) < 4.78 is 13.3. The van der Waals surface area contributed by atoms with Crippen LogP contribution >= 0.6 is 11.8 Å². The zero-order valence-corrected chi connectivity index (χ0v) is 19.1. The van der Waals surface area contributed by atoms with Crippen LogP contribution in [-0.2, 0) is 21.9 Å². The van der Waals surface area contributed by atoms with Crippen LogP contribution in [0.15, 0.2) is 48.5 Å². The second-order valence-electron chi connectivity index (χ2n) is 8.29. The van der Waals surface area contributed by atoms with Crippen LogP contribution in [0.2, 0.25) is 0 Å². The smallest absolute Gasteiger partial charge is 0.242 e. The van der Waals surface area contributed by atoms with Crippen molar-refractivity contribution < 1.29 is 14.0 Å². The Hall–Kier alpha value is -2.34. The molecule has 0 aromatic heterocycles. The van der Waals surface area contributed by atoms with Gasteiger partial charge in [-0.15, -0.1) is 11.8 Å². The van der Waals surface area contributed by atoms with Gasteiger partial charge in [0.05, 0.1) is 5.75 Å². The summed E-state index contributed by atoms with van der Waals surface area (Å²) in [5, 5.41) is 3.10. The zero-order chi connectivity index (χ0) is 22.2. The third-order valence-electron chi connectivity index (χ3n) is 5.75. The van der Waals surface area contributed by atoms with Gasteiger partial charge in [-0.2, -0.15) is 0 Å². The molecule has 0 bridgehead atoms. The maximum Gasteiger partial charge on any atom is 0.242 e. The normalized spacial score (nSPS) is 14.9. The molecule has 1 aliphatic rings. The molecule has 31 heavy (non-hydrogen) atoms. The number of carbonyl (C=O) groups excluding carboxylic acids is 2. The number of benzene rings is 2. The van der Waals surface area contributed by atoms with E-state index in [1.54, 1.807) is 35.7 Å². The largest absolute Gasteiger partial charge is 0.352 e. The molecule has 1 atom stereocenters. The van der Waals surface area contributed by atoms with E-state index in [4.69, 9.17) is 0 Å². The van der Waals surface area contributed by atoms with E-state index in [1.807, 2.05) is 6.92 Å². The van der Waals surface area contributed by atoms with E-state index in [0.717, 1.165) is 37.0 Å². The van der Waals surface area contributed by atoms with Gasteiger partial charge in [0.1, 0.15) is 11.9 Å². The minimum absolute atomic E-state index is 0.0875. The first-order valence-corrected chi connectivity index (χ1v) is 12.1. The van der Waals surface area contributed by atoms with Crippen molar-refractivity contribution in [2.24, 2.45) is 0 Å². The molecule has 3 rings (SSSR count). The number of thioether (sulfide) groups is 1. The zero-order valence-electron chi connectivity index (χ0n) is 18.3. The number of rotatable bonds is 9. The predicted molar refractivity (Wildman–Crippen MR) is 124 cm³/mol. The summed E-state index contributed by atoms with van der Waals surface area (Å²) in [7, 11) is 0. The summed E-state index contributed by atoms with van der Waals surface area (Å²) >= 11 is 1.54. The van der Waals surface area contributed by atoms with Crippen LogP contribution in [0.25, 0.3) is 0 Å². The molecular weight excluding hydrogens is 411 g/mol. The number of hydrogen-bond acceptors (Lipinski definition) is 3. The maximum absolute atomic E-state index is 13.3. The van der Waals surface area contributed by atoms with E-state index in [0.29, 0.717) is 0 Å². The Bertz CT molecular complexity index is 864. The molecule has 0 aliphatic heterocycles. The Balaban J connectivity index is 1.64. The van der Waals surface area contributed by atoms with Gasteiger partial charge in [-0.3, -0.25) is 9.59 Å². The van der Waals surface area contributed by atoms with Gasteiger partial charge in [0, 0.05) is 18.3 Å². The molecule has 0 spiro atoms. The van der Waals surface area contributed by atoms with Crippen molar-refractivity contribution in [1.82, 2.24) is 10.2 Å². The van der Waals surface area contributed by atoms with Crippen LogP contribution < -0.4 is 5.32 Å². The molecule has 2 aromatic carbocycles. The first kappa shape index (κ1) is 23.3. The second-order valence-corrected chi connectivity index (χ2v) is 9.28. The highest BCUT2D eigenvalue weighted by molar-refractivity contribution is 7.99. The summed E-state index contributed by atoms with van der Waals surface area (Å²) in [5.74, 6) is 0.499. The van der Waals surface area contributed by atoms with Gasteiger partial charge in [0.25, 0.3) is 0 Å². The van der Waals surface area contributed by atoms with E-state index >= 15 is 0 Å². The van der Waals surface area contributed by atoms with Crippen molar-refractivity contribution in [3.8, 4) is 0 Å². The van der Waals surface area contributed by atoms with Crippen LogP contribution in [0.3, 0.4) is 0 Å². The van der Waals surface area contributed by atoms with Gasteiger partial charge in [-0.25, -0.2) is 4.39 Å². The van der Waals surface area contributed by atoms with Gasteiger partial charge in [0.2, 0.25) is 11.8 Å². The Labute approximate surface area is 188 Å². The summed E-state index contributed by atoms with van der Waals surface area (Å²) in [6, 6.07) is 14.0. The predicted octanol–water partition coefficient (Wildman–Crippen LogP) is 4.84. The lowest BCUT2D eigenvalue weighted by Crippen LogP contribution is -2.50. The topological polar surface area (TPSA) is 49.4 Å². The molecular formula is C25H31FN2O2S. The highest BCUT2D eigenvalue weighted by Gasteiger charge is 2.28. The fraction of sp³-hybridized carbons (Fsp3) is 0.440. The van der Waals surface area contributed by atoms with Gasteiger partial charge in [-0.1, -0.05) is 54.8 Å². The number of hydrogen-bond donors (Lipinski definition) is 1. The third kappa shape index (κ3) is 7.10. The number of aryl methyl sites for hydroxylation is 1. The van der Waals surface area contributed by atoms with E-state index in [1.165, 1.54) is 23.3 Å². The molecule has 0 unspecified atom stereocenters. The van der Waals surface area contributed by atoms with Gasteiger partial charge >= 0.3 is 0 Å². The van der Waals surface area contributed by atoms with Crippen LogP contribution in [0.5, 0.6) is 0 Å². The van der Waals surface area contributed by atoms with Crippen molar-refractivity contribution in [2.75, 3.05) is 5.75 Å². The number of carbonyl (C=O) groups is 2. The van der Waals surface area contributed by atoms with Gasteiger partial charge < -0.3 is 10.2 Å². The van der Waals surface area contributed by atoms with Crippen molar-refractivity contribution in [3.05, 3.63) is 71.0 Å². The average Bonchev–Trinajstić information content (AvgIpc) is 3.27. The Kier molecular flexibility index (Phi) is 8.52. The lowest BCUT2D eigenvalue weighted by Gasteiger charge is -2.29. The molecule has 2 aromatic rings. The van der Waals surface area contributed by atoms with Crippen molar-refractivity contribution in [2.45, 2.75) is 63.9 Å². The van der Waals surface area contributed by atoms with E-state index < -0.39 is 6.04 Å². The molecule has 0 heterocycles. The fourth-order valence-electron chi connectivity index (χ4n) is 3.78. The van der Waals surface area contributed by atoms with E-state index in [2.05, 4.69) is 29.6 Å². The molecule has 2 amide bonds. The Morgan fingerprint density at radius 1 is 1.06 bits per heavy atom. The molecule has 1 N–H and O–H groups in total. The molecule has 1 saturated carbocycles. The lowest BCUT2D eigenvalue weighted by molar-refractivity contribution is -0.138. The number of nitrogens with one attached hydrogen (secondary N) is 1. The number of amides is 2. The Morgan fingerprint density at radius 3 is 2.32 bits per heavy atom. The second kappa shape index (κ2) is 11.3. The van der Waals surface area contributed by atoms with Crippen molar-refractivity contribution in [3.63, 3.8) is 0 Å². The molecule has 0 saturated heterocycles. The quantitative estimate of drug-likeness (QED) is 0.604. The lowest BCUT2D eigenvalue weighted by atomic mass is 10.1. The first-order chi connectivity index (χ1) is 14.9. The van der Waals surface area contributed by atoms with Gasteiger partial charge in [-0.05, 0) is 49.9 Å². The number of halogens is 1. The highest BCUT2D eigenvalue weighted by Crippen LogP contribution is 2.20. The van der Waals surface area contributed by atoms with Crippen LogP contribution in [0.1, 0.15) is 49.3 Å². The summed E-state index contributed by atoms with van der Waals surface area (Å²) in [6.45, 7) is 4.10. The molecule has 166 valence electrons. The van der Waals surface area contributed by atoms with E-state index in [-0.39, 0.29) is 36.0 Å². The molecule has 1 fully saturated rings. The van der Waals surface area contributed by atoms with Crippen LogP contribution in [-0.4, -0.2) is 34.6 Å². The highest BCUT2D eigenvalue weighted by atomic mass is 32.2. The summed E-state index contributed by atoms with van der Waals surface area (Å²) in [6.07, 6.45) is 4.26. The monoisotopic (exact) mass is 442 g/mol. The SMILES string of the molecule is Cc1ccc(CSCC(=O)N(Cc2ccc(F)cc2)[C@H](C)C(=O)NC2CCCC2)cc1. The number of nitrogens with zero attached hydrogens (tertiary/aromatic N) is 1. The van der Waals surface area contributed by atoms with Crippen molar-refractivity contribution in [1.29, 1.82) is 0 Å². The third-order valence-corrected chi connectivity index (χ3v) is 6.74. The van der Waals surface area contributed by atoms with Crippen molar-refractivity contribution >= 4 is 23.6 Å². The van der Waals surface area contributed by atoms with Crippen LogP contribution in [0.4, 0.5) is 4.39 Å². The van der Waals surface area contributed by atoms with Crippen LogP contribution in [0, 0.1) is 12.7 Å². The first-order valence-electron chi connectivity index (χ1n) is 10.9. The Morgan fingerprint density at radius 2 is 1.68 bits per heavy atom. The molecule has 6 heteroatoms. The van der Waals surface area contributed by atoms with Gasteiger partial charge in [0.15, 0.2) is 0 Å². The molecule has 1 aliphatic carbocycles.